The molecule has 0 radical (unpaired) electrons. The van der Waals surface area contributed by atoms with Gasteiger partial charge in [0.25, 0.3) is 0 Å². The number of halogens is 3. The molecule has 0 amide bonds. The first-order valence-corrected chi connectivity index (χ1v) is 15.5. The van der Waals surface area contributed by atoms with Gasteiger partial charge in [0, 0.05) is 41.4 Å². The van der Waals surface area contributed by atoms with E-state index in [2.05, 4.69) is 28.6 Å². The number of nitrogens with zero attached hydrogens (tertiary/aromatic N) is 5. The molecular weight excluding hydrogens is 578 g/mol. The van der Waals surface area contributed by atoms with Crippen molar-refractivity contribution in [3.8, 4) is 23.2 Å². The first-order valence-electron chi connectivity index (χ1n) is 14.3. The highest BCUT2D eigenvalue weighted by Crippen LogP contribution is 2.47. The van der Waals surface area contributed by atoms with Crippen LogP contribution in [0.2, 0.25) is 5.02 Å². The molecule has 42 heavy (non-hydrogen) atoms. The monoisotopic (exact) mass is 612 g/mol. The molecule has 1 saturated carbocycles. The van der Waals surface area contributed by atoms with Gasteiger partial charge < -0.3 is 20.3 Å². The average molecular weight is 613 g/mol. The number of thiophene rings is 1. The highest BCUT2D eigenvalue weighted by Gasteiger charge is 2.44. The summed E-state index contributed by atoms with van der Waals surface area (Å²) >= 11 is 7.76. The second kappa shape index (κ2) is 12.2. The van der Waals surface area contributed by atoms with Gasteiger partial charge in [0.15, 0.2) is 5.82 Å². The van der Waals surface area contributed by atoms with E-state index in [1.807, 2.05) is 20.2 Å². The van der Waals surface area contributed by atoms with Gasteiger partial charge in [0.05, 0.1) is 21.9 Å². The largest absolute Gasteiger partial charge is 0.463 e. The van der Waals surface area contributed by atoms with Crippen molar-refractivity contribution in [3.05, 3.63) is 40.4 Å². The Kier molecular flexibility index (Phi) is 8.74. The molecule has 5 rings (SSSR count). The third kappa shape index (κ3) is 5.70. The fourth-order valence-electron chi connectivity index (χ4n) is 5.58. The topological polar surface area (TPSA) is 91.3 Å². The van der Waals surface area contributed by atoms with E-state index < -0.39 is 11.6 Å². The summed E-state index contributed by atoms with van der Waals surface area (Å²) in [6.07, 6.45) is 4.89. The zero-order valence-electron chi connectivity index (χ0n) is 24.4. The maximum absolute atomic E-state index is 16.7. The summed E-state index contributed by atoms with van der Waals surface area (Å²) < 4.78 is 37.9. The van der Waals surface area contributed by atoms with Gasteiger partial charge >= 0.3 is 6.01 Å². The van der Waals surface area contributed by atoms with Crippen LogP contribution >= 0.6 is 22.9 Å². The molecule has 2 heterocycles. The first kappa shape index (κ1) is 30.2. The molecule has 11 heteroatoms. The summed E-state index contributed by atoms with van der Waals surface area (Å²) in [5, 5.41) is 10.8. The van der Waals surface area contributed by atoms with Gasteiger partial charge in [0.2, 0.25) is 0 Å². The molecule has 2 N–H and O–H groups in total. The van der Waals surface area contributed by atoms with E-state index in [9.17, 15) is 9.65 Å². The van der Waals surface area contributed by atoms with Crippen LogP contribution in [-0.2, 0) is 0 Å². The standard InChI is InChI=1S/C31H35ClF2N6OS/c1-5-7-13-40(12-6-2)29-19-14-21(32)24(18-8-9-22(33)27-23(18)20(15-35)28(36)42-27)25(34)26(19)37-30(38-29)41-17-31(10-11-31)16-39(3)4/h8-9,14H,5-7,10-13,16-17,36H2,1-4H3. The molecule has 1 fully saturated rings. The van der Waals surface area contributed by atoms with Crippen LogP contribution in [-0.4, -0.2) is 55.2 Å². The minimum atomic E-state index is -0.686. The quantitative estimate of drug-likeness (QED) is 0.176. The van der Waals surface area contributed by atoms with Gasteiger partial charge in [-0.2, -0.15) is 15.2 Å². The molecule has 4 aromatic rings. The number of aromatic nitrogens is 2. The van der Waals surface area contributed by atoms with Crippen LogP contribution in [0, 0.1) is 28.4 Å². The Morgan fingerprint density at radius 1 is 1.17 bits per heavy atom. The van der Waals surface area contributed by atoms with E-state index in [0.29, 0.717) is 17.8 Å². The maximum Gasteiger partial charge on any atom is 0.319 e. The zero-order valence-corrected chi connectivity index (χ0v) is 25.9. The summed E-state index contributed by atoms with van der Waals surface area (Å²) in [6.45, 7) is 6.97. The molecule has 1 aliphatic carbocycles. The number of fused-ring (bicyclic) bond motifs is 2. The molecule has 0 bridgehead atoms. The average Bonchev–Trinajstić information content (AvgIpc) is 3.62. The molecule has 222 valence electrons. The summed E-state index contributed by atoms with van der Waals surface area (Å²) in [5.74, 6) is -0.659. The van der Waals surface area contributed by atoms with Gasteiger partial charge in [-0.25, -0.2) is 8.78 Å². The lowest BCUT2D eigenvalue weighted by Crippen LogP contribution is -2.29. The Morgan fingerprint density at radius 2 is 1.93 bits per heavy atom. The lowest BCUT2D eigenvalue weighted by Gasteiger charge is -2.26. The molecule has 0 spiro atoms. The molecule has 0 saturated heterocycles. The normalized spacial score (nSPS) is 14.1. The van der Waals surface area contributed by atoms with E-state index >= 15 is 4.39 Å². The molecule has 7 nitrogen and oxygen atoms in total. The number of nitrogens with two attached hydrogens (primary N) is 1. The molecule has 0 unspecified atom stereocenters. The van der Waals surface area contributed by atoms with Crippen molar-refractivity contribution in [2.45, 2.75) is 46.0 Å². The van der Waals surface area contributed by atoms with Gasteiger partial charge in [-0.3, -0.25) is 0 Å². The molecule has 2 aromatic carbocycles. The van der Waals surface area contributed by atoms with Gasteiger partial charge in [-0.1, -0.05) is 37.9 Å². The Labute approximate surface area is 253 Å². The van der Waals surface area contributed by atoms with Crippen molar-refractivity contribution in [2.24, 2.45) is 5.41 Å². The molecule has 1 aliphatic rings. The third-order valence-corrected chi connectivity index (χ3v) is 9.06. The van der Waals surface area contributed by atoms with Gasteiger partial charge in [0.1, 0.15) is 28.2 Å². The summed E-state index contributed by atoms with van der Waals surface area (Å²) in [4.78, 5) is 13.6. The maximum atomic E-state index is 16.7. The Hall–Kier alpha value is -3.26. The number of nitrogen functional groups attached to an aromatic ring is 1. The lowest BCUT2D eigenvalue weighted by atomic mass is 9.97. The molecule has 2 aromatic heterocycles. The Bertz CT molecular complexity index is 1680. The predicted octanol–water partition coefficient (Wildman–Crippen LogP) is 7.63. The number of anilines is 2. The van der Waals surface area contributed by atoms with E-state index in [0.717, 1.165) is 63.1 Å². The SMILES string of the molecule is CCCCN(CCC)c1nc(OCC2(CN(C)C)CC2)nc2c(F)c(-c3ccc(F)c4sc(N)c(C#N)c34)c(Cl)cc12. The van der Waals surface area contributed by atoms with Crippen molar-refractivity contribution in [3.63, 3.8) is 0 Å². The van der Waals surface area contributed by atoms with Crippen LogP contribution in [0.1, 0.15) is 51.5 Å². The van der Waals surface area contributed by atoms with E-state index in [-0.39, 0.29) is 53.7 Å². The van der Waals surface area contributed by atoms with Gasteiger partial charge in [-0.05, 0) is 57.5 Å². The van der Waals surface area contributed by atoms with E-state index in [4.69, 9.17) is 27.1 Å². The predicted molar refractivity (Wildman–Crippen MR) is 168 cm³/mol. The van der Waals surface area contributed by atoms with Crippen molar-refractivity contribution in [1.82, 2.24) is 14.9 Å². The highest BCUT2D eigenvalue weighted by atomic mass is 35.5. The number of ether oxygens (including phenoxy) is 1. The Morgan fingerprint density at radius 3 is 2.57 bits per heavy atom. The van der Waals surface area contributed by atoms with E-state index in [1.165, 1.54) is 12.1 Å². The number of nitriles is 1. The first-order chi connectivity index (χ1) is 20.1. The second-order valence-corrected chi connectivity index (χ2v) is 12.9. The summed E-state index contributed by atoms with van der Waals surface area (Å²) in [6, 6.07) is 6.48. The van der Waals surface area contributed by atoms with Crippen molar-refractivity contribution in [1.29, 1.82) is 5.26 Å². The highest BCUT2D eigenvalue weighted by molar-refractivity contribution is 7.23. The molecule has 0 atom stereocenters. The van der Waals surface area contributed by atoms with Crippen LogP contribution < -0.4 is 15.4 Å². The minimum absolute atomic E-state index is 0.0286. The summed E-state index contributed by atoms with van der Waals surface area (Å²) in [5.41, 5.74) is 6.54. The number of hydrogen-bond donors (Lipinski definition) is 1. The summed E-state index contributed by atoms with van der Waals surface area (Å²) in [7, 11) is 4.07. The molecular formula is C31H35ClF2N6OS. The smallest absolute Gasteiger partial charge is 0.319 e. The van der Waals surface area contributed by atoms with Crippen LogP contribution in [0.25, 0.3) is 32.1 Å². The third-order valence-electron chi connectivity index (χ3n) is 7.73. The number of benzene rings is 2. The number of hydrogen-bond acceptors (Lipinski definition) is 8. The van der Waals surface area contributed by atoms with Crippen LogP contribution in [0.4, 0.5) is 19.6 Å². The van der Waals surface area contributed by atoms with Crippen molar-refractivity contribution >= 4 is 54.7 Å². The lowest BCUT2D eigenvalue weighted by molar-refractivity contribution is 0.183. The van der Waals surface area contributed by atoms with E-state index in [1.54, 1.807) is 6.07 Å². The Balaban J connectivity index is 1.71. The van der Waals surface area contributed by atoms with Crippen LogP contribution in [0.15, 0.2) is 18.2 Å². The van der Waals surface area contributed by atoms with Crippen LogP contribution in [0.3, 0.4) is 0 Å². The van der Waals surface area contributed by atoms with Gasteiger partial charge in [-0.15, -0.1) is 11.3 Å². The fourth-order valence-corrected chi connectivity index (χ4v) is 6.82. The molecule has 0 aliphatic heterocycles. The second-order valence-electron chi connectivity index (χ2n) is 11.4. The van der Waals surface area contributed by atoms with Crippen LogP contribution in [0.5, 0.6) is 6.01 Å². The number of unbranched alkanes of at least 4 members (excludes halogenated alkanes) is 1. The van der Waals surface area contributed by atoms with Crippen molar-refractivity contribution in [2.75, 3.05) is 51.0 Å². The minimum Gasteiger partial charge on any atom is -0.463 e. The number of rotatable bonds is 12. The zero-order chi connectivity index (χ0) is 30.2. The fraction of sp³-hybridized carbons (Fsp3) is 0.452. The van der Waals surface area contributed by atoms with Crippen molar-refractivity contribution < 1.29 is 13.5 Å².